The smallest absolute Gasteiger partial charge is 0.162 e. The fraction of sp³-hybridized carbons (Fsp3) is 0.143. The second kappa shape index (κ2) is 5.81. The summed E-state index contributed by atoms with van der Waals surface area (Å²) in [4.78, 5) is 0. The Balaban J connectivity index is 2.18. The molecule has 0 spiro atoms. The third-order valence-corrected chi connectivity index (χ3v) is 3.60. The minimum absolute atomic E-state index is 0.257. The maximum Gasteiger partial charge on any atom is 0.162 e. The molecule has 2 aromatic carbocycles. The van der Waals surface area contributed by atoms with Crippen LogP contribution in [0.3, 0.4) is 0 Å². The highest BCUT2D eigenvalue weighted by molar-refractivity contribution is 9.10. The molecule has 18 heavy (non-hydrogen) atoms. The molecule has 1 unspecified atom stereocenters. The van der Waals surface area contributed by atoms with E-state index in [4.69, 9.17) is 11.6 Å². The van der Waals surface area contributed by atoms with Gasteiger partial charge in [0.05, 0.1) is 5.38 Å². The molecule has 0 saturated heterocycles. The Morgan fingerprint density at radius 3 is 2.39 bits per heavy atom. The third kappa shape index (κ3) is 3.09. The number of benzene rings is 2. The highest BCUT2D eigenvalue weighted by Crippen LogP contribution is 2.27. The van der Waals surface area contributed by atoms with Crippen LogP contribution in [-0.2, 0) is 6.42 Å². The number of rotatable bonds is 3. The summed E-state index contributed by atoms with van der Waals surface area (Å²) in [5.74, 6) is -1.66. The second-order valence-corrected chi connectivity index (χ2v) is 5.38. The van der Waals surface area contributed by atoms with Gasteiger partial charge in [-0.2, -0.15) is 0 Å². The molecule has 0 amide bonds. The van der Waals surface area contributed by atoms with Crippen molar-refractivity contribution in [3.63, 3.8) is 0 Å². The largest absolute Gasteiger partial charge is 0.204 e. The average Bonchev–Trinajstić information content (AvgIpc) is 2.36. The summed E-state index contributed by atoms with van der Waals surface area (Å²) in [5.41, 5.74) is 1.17. The zero-order valence-electron chi connectivity index (χ0n) is 9.34. The van der Waals surface area contributed by atoms with Crippen molar-refractivity contribution >= 4 is 27.5 Å². The lowest BCUT2D eigenvalue weighted by Crippen LogP contribution is -2.00. The van der Waals surface area contributed by atoms with E-state index in [2.05, 4.69) is 15.9 Å². The van der Waals surface area contributed by atoms with Gasteiger partial charge in [0.2, 0.25) is 0 Å². The van der Waals surface area contributed by atoms with Gasteiger partial charge in [0, 0.05) is 4.47 Å². The molecule has 4 heteroatoms. The van der Waals surface area contributed by atoms with E-state index in [-0.39, 0.29) is 17.4 Å². The lowest BCUT2D eigenvalue weighted by molar-refractivity contribution is 0.498. The van der Waals surface area contributed by atoms with Crippen LogP contribution in [0.1, 0.15) is 16.5 Å². The first-order valence-corrected chi connectivity index (χ1v) is 6.63. The molecule has 0 N–H and O–H groups in total. The number of alkyl halides is 1. The summed E-state index contributed by atoms with van der Waals surface area (Å²) >= 11 is 9.54. The Bertz CT molecular complexity index is 540. The Morgan fingerprint density at radius 1 is 1.06 bits per heavy atom. The molecule has 0 aromatic heterocycles. The predicted octanol–water partition coefficient (Wildman–Crippen LogP) is 5.25. The maximum atomic E-state index is 13.5. The summed E-state index contributed by atoms with van der Waals surface area (Å²) in [6.45, 7) is 0. The summed E-state index contributed by atoms with van der Waals surface area (Å²) in [6, 6.07) is 11.6. The normalized spacial score (nSPS) is 12.4. The lowest BCUT2D eigenvalue weighted by Gasteiger charge is -2.11. The first-order valence-electron chi connectivity index (χ1n) is 5.40. The van der Waals surface area contributed by atoms with Crippen LogP contribution in [0.4, 0.5) is 8.78 Å². The Labute approximate surface area is 118 Å². The van der Waals surface area contributed by atoms with Crippen LogP contribution in [0.25, 0.3) is 0 Å². The van der Waals surface area contributed by atoms with Crippen molar-refractivity contribution in [3.8, 4) is 0 Å². The van der Waals surface area contributed by atoms with Crippen LogP contribution in [0.2, 0.25) is 0 Å². The van der Waals surface area contributed by atoms with E-state index in [1.807, 2.05) is 24.3 Å². The number of hydrogen-bond donors (Lipinski definition) is 0. The van der Waals surface area contributed by atoms with Crippen LogP contribution in [0.5, 0.6) is 0 Å². The van der Waals surface area contributed by atoms with Crippen molar-refractivity contribution in [2.24, 2.45) is 0 Å². The van der Waals surface area contributed by atoms with Crippen LogP contribution in [0.15, 0.2) is 46.9 Å². The maximum absolute atomic E-state index is 13.5. The monoisotopic (exact) mass is 330 g/mol. The molecule has 1 atom stereocenters. The molecule has 0 radical (unpaired) electrons. The van der Waals surface area contributed by atoms with E-state index >= 15 is 0 Å². The molecular formula is C14H10BrClF2. The first-order chi connectivity index (χ1) is 8.58. The van der Waals surface area contributed by atoms with Crippen LogP contribution >= 0.6 is 27.5 Å². The standard InChI is InChI=1S/C14H10BrClF2/c15-11-6-4-9(5-7-11)12(16)8-10-2-1-3-13(17)14(10)18/h1-7,12H,8H2. The van der Waals surface area contributed by atoms with Crippen molar-refractivity contribution in [1.29, 1.82) is 0 Å². The van der Waals surface area contributed by atoms with Crippen molar-refractivity contribution in [2.45, 2.75) is 11.8 Å². The van der Waals surface area contributed by atoms with E-state index in [9.17, 15) is 8.78 Å². The number of hydrogen-bond acceptors (Lipinski definition) is 0. The van der Waals surface area contributed by atoms with Gasteiger partial charge in [-0.1, -0.05) is 40.2 Å². The highest BCUT2D eigenvalue weighted by Gasteiger charge is 2.14. The summed E-state index contributed by atoms with van der Waals surface area (Å²) in [6.07, 6.45) is 0.257. The number of halogens is 4. The summed E-state index contributed by atoms with van der Waals surface area (Å²) < 4.78 is 27.5. The zero-order chi connectivity index (χ0) is 13.1. The Kier molecular flexibility index (Phi) is 4.36. The minimum atomic E-state index is -0.841. The molecule has 94 valence electrons. The van der Waals surface area contributed by atoms with Gasteiger partial charge in [0.25, 0.3) is 0 Å². The Morgan fingerprint density at radius 2 is 1.72 bits per heavy atom. The molecule has 0 aliphatic carbocycles. The highest BCUT2D eigenvalue weighted by atomic mass is 79.9. The molecular weight excluding hydrogens is 322 g/mol. The van der Waals surface area contributed by atoms with E-state index < -0.39 is 11.6 Å². The second-order valence-electron chi connectivity index (χ2n) is 3.94. The van der Waals surface area contributed by atoms with E-state index in [0.29, 0.717) is 0 Å². The van der Waals surface area contributed by atoms with Gasteiger partial charge in [0.1, 0.15) is 0 Å². The van der Waals surface area contributed by atoms with E-state index in [1.165, 1.54) is 6.07 Å². The lowest BCUT2D eigenvalue weighted by atomic mass is 10.0. The van der Waals surface area contributed by atoms with Gasteiger partial charge in [-0.05, 0) is 35.7 Å². The summed E-state index contributed by atoms with van der Waals surface area (Å²) in [7, 11) is 0. The third-order valence-electron chi connectivity index (χ3n) is 2.66. The average molecular weight is 332 g/mol. The van der Waals surface area contributed by atoms with Crippen molar-refractivity contribution < 1.29 is 8.78 Å². The van der Waals surface area contributed by atoms with Gasteiger partial charge in [-0.15, -0.1) is 11.6 Å². The molecule has 0 bridgehead atoms. The SMILES string of the molecule is Fc1cccc(CC(Cl)c2ccc(Br)cc2)c1F. The first kappa shape index (κ1) is 13.5. The van der Waals surface area contributed by atoms with Crippen molar-refractivity contribution in [2.75, 3.05) is 0 Å². The van der Waals surface area contributed by atoms with E-state index in [1.54, 1.807) is 6.07 Å². The van der Waals surface area contributed by atoms with E-state index in [0.717, 1.165) is 16.1 Å². The van der Waals surface area contributed by atoms with Crippen molar-refractivity contribution in [3.05, 3.63) is 69.7 Å². The molecule has 0 aliphatic heterocycles. The molecule has 2 rings (SSSR count). The molecule has 0 heterocycles. The quantitative estimate of drug-likeness (QED) is 0.674. The molecule has 0 aliphatic rings. The van der Waals surface area contributed by atoms with Crippen LogP contribution in [-0.4, -0.2) is 0 Å². The fourth-order valence-corrected chi connectivity index (χ4v) is 2.26. The zero-order valence-corrected chi connectivity index (χ0v) is 11.7. The summed E-state index contributed by atoms with van der Waals surface area (Å²) in [5, 5.41) is -0.380. The molecule has 0 nitrogen and oxygen atoms in total. The van der Waals surface area contributed by atoms with Gasteiger partial charge in [-0.3, -0.25) is 0 Å². The van der Waals surface area contributed by atoms with Crippen molar-refractivity contribution in [1.82, 2.24) is 0 Å². The Hall–Kier alpha value is -0.930. The van der Waals surface area contributed by atoms with Crippen LogP contribution < -0.4 is 0 Å². The van der Waals surface area contributed by atoms with Gasteiger partial charge < -0.3 is 0 Å². The molecule has 0 fully saturated rings. The topological polar surface area (TPSA) is 0 Å². The fourth-order valence-electron chi connectivity index (χ4n) is 1.69. The predicted molar refractivity (Wildman–Crippen MR) is 72.8 cm³/mol. The van der Waals surface area contributed by atoms with Crippen LogP contribution in [0, 0.1) is 11.6 Å². The van der Waals surface area contributed by atoms with Gasteiger partial charge >= 0.3 is 0 Å². The van der Waals surface area contributed by atoms with Gasteiger partial charge in [-0.25, -0.2) is 8.78 Å². The van der Waals surface area contributed by atoms with Gasteiger partial charge in [0.15, 0.2) is 11.6 Å². The minimum Gasteiger partial charge on any atom is -0.204 e. The molecule has 2 aromatic rings. The molecule has 0 saturated carbocycles.